The van der Waals surface area contributed by atoms with Gasteiger partial charge < -0.3 is 16.2 Å². The molecule has 2 aromatic carbocycles. The van der Waals surface area contributed by atoms with Gasteiger partial charge >= 0.3 is 0 Å². The Bertz CT molecular complexity index is 715. The van der Waals surface area contributed by atoms with Gasteiger partial charge in [0.05, 0.1) is 6.61 Å². The third-order valence-corrected chi connectivity index (χ3v) is 3.11. The molecular formula is C18H17FN2O2. The van der Waals surface area contributed by atoms with E-state index in [4.69, 9.17) is 16.2 Å². The summed E-state index contributed by atoms with van der Waals surface area (Å²) in [5.41, 5.74) is 13.1. The van der Waals surface area contributed by atoms with Gasteiger partial charge in [-0.15, -0.1) is 0 Å². The van der Waals surface area contributed by atoms with Gasteiger partial charge in [0.25, 0.3) is 0 Å². The van der Waals surface area contributed by atoms with Crippen LogP contribution in [0.25, 0.3) is 0 Å². The summed E-state index contributed by atoms with van der Waals surface area (Å²) in [5.74, 6) is 4.88. The Balaban J connectivity index is 1.92. The second-order valence-electron chi connectivity index (χ2n) is 4.96. The Morgan fingerprint density at radius 2 is 1.78 bits per heavy atom. The van der Waals surface area contributed by atoms with E-state index in [1.165, 1.54) is 12.1 Å². The van der Waals surface area contributed by atoms with Crippen molar-refractivity contribution in [3.05, 3.63) is 65.5 Å². The predicted molar refractivity (Wildman–Crippen MR) is 86.5 cm³/mol. The van der Waals surface area contributed by atoms with Crippen LogP contribution in [0.3, 0.4) is 0 Å². The molecule has 4 nitrogen and oxygen atoms in total. The highest BCUT2D eigenvalue weighted by Crippen LogP contribution is 2.08. The van der Waals surface area contributed by atoms with Crippen molar-refractivity contribution in [2.75, 3.05) is 5.73 Å². The van der Waals surface area contributed by atoms with E-state index in [1.54, 1.807) is 36.4 Å². The number of nitrogen functional groups attached to an aromatic ring is 1. The van der Waals surface area contributed by atoms with Crippen molar-refractivity contribution in [2.24, 2.45) is 5.73 Å². The second kappa shape index (κ2) is 7.97. The third-order valence-electron chi connectivity index (χ3n) is 3.11. The number of rotatable bonds is 5. The molecule has 0 heterocycles. The van der Waals surface area contributed by atoms with Crippen LogP contribution in [0.15, 0.2) is 48.5 Å². The van der Waals surface area contributed by atoms with Crippen LogP contribution in [0, 0.1) is 17.7 Å². The Hall–Kier alpha value is -2.84. The molecule has 0 aliphatic carbocycles. The zero-order chi connectivity index (χ0) is 16.7. The number of carbonyl (C=O) groups is 1. The number of carbonyl (C=O) groups excluding carboxylic acids is 1. The second-order valence-corrected chi connectivity index (χ2v) is 4.96. The molecule has 0 aliphatic heterocycles. The van der Waals surface area contributed by atoms with E-state index in [0.29, 0.717) is 5.69 Å². The van der Waals surface area contributed by atoms with Crippen LogP contribution in [0.5, 0.6) is 0 Å². The normalized spacial score (nSPS) is 11.3. The first kappa shape index (κ1) is 16.5. The maximum Gasteiger partial charge on any atom is 0.247 e. The molecule has 5 heteroatoms. The fraction of sp³-hybridized carbons (Fsp3) is 0.167. The van der Waals surface area contributed by atoms with Gasteiger partial charge in [-0.2, -0.15) is 0 Å². The van der Waals surface area contributed by atoms with Crippen molar-refractivity contribution >= 4 is 11.6 Å². The van der Waals surface area contributed by atoms with Crippen LogP contribution in [0.2, 0.25) is 0 Å². The van der Waals surface area contributed by atoms with Gasteiger partial charge in [0.1, 0.15) is 11.9 Å². The van der Waals surface area contributed by atoms with Crippen LogP contribution in [0.1, 0.15) is 17.5 Å². The van der Waals surface area contributed by atoms with Crippen LogP contribution in [0.4, 0.5) is 10.1 Å². The van der Waals surface area contributed by atoms with E-state index >= 15 is 0 Å². The third kappa shape index (κ3) is 5.46. The van der Waals surface area contributed by atoms with Crippen LogP contribution < -0.4 is 11.5 Å². The van der Waals surface area contributed by atoms with E-state index in [-0.39, 0.29) is 18.8 Å². The lowest BCUT2D eigenvalue weighted by atomic mass is 10.2. The zero-order valence-corrected chi connectivity index (χ0v) is 12.5. The lowest BCUT2D eigenvalue weighted by molar-refractivity contribution is -0.129. The summed E-state index contributed by atoms with van der Waals surface area (Å²) >= 11 is 0. The van der Waals surface area contributed by atoms with E-state index in [0.717, 1.165) is 11.1 Å². The monoisotopic (exact) mass is 312 g/mol. The van der Waals surface area contributed by atoms with Crippen LogP contribution in [-0.4, -0.2) is 12.0 Å². The Morgan fingerprint density at radius 3 is 2.39 bits per heavy atom. The van der Waals surface area contributed by atoms with Gasteiger partial charge in [-0.1, -0.05) is 24.0 Å². The van der Waals surface area contributed by atoms with E-state index in [2.05, 4.69) is 11.8 Å². The molecule has 0 aromatic heterocycles. The molecule has 0 aliphatic rings. The molecule has 2 rings (SSSR count). The standard InChI is InChI=1S/C18H17FN2O2/c19-15-8-4-14(5-9-15)12-23-17(18(21)22)3-1-2-13-6-10-16(20)11-7-13/h4-11,17H,3,12,20H2,(H2,21,22). The number of amides is 1. The summed E-state index contributed by atoms with van der Waals surface area (Å²) in [5, 5.41) is 0. The number of halogens is 1. The molecule has 0 fully saturated rings. The molecule has 1 amide bonds. The Kier molecular flexibility index (Phi) is 5.73. The molecule has 0 spiro atoms. The molecule has 1 atom stereocenters. The molecular weight excluding hydrogens is 295 g/mol. The van der Waals surface area contributed by atoms with Gasteiger partial charge in [-0.05, 0) is 42.0 Å². The summed E-state index contributed by atoms with van der Waals surface area (Å²) in [4.78, 5) is 11.4. The highest BCUT2D eigenvalue weighted by molar-refractivity contribution is 5.79. The van der Waals surface area contributed by atoms with E-state index in [1.807, 2.05) is 0 Å². The maximum atomic E-state index is 12.8. The number of hydrogen-bond donors (Lipinski definition) is 2. The summed E-state index contributed by atoms with van der Waals surface area (Å²) < 4.78 is 18.3. The fourth-order valence-electron chi connectivity index (χ4n) is 1.83. The molecule has 4 N–H and O–H groups in total. The number of ether oxygens (including phenoxy) is 1. The number of hydrogen-bond acceptors (Lipinski definition) is 3. The molecule has 1 unspecified atom stereocenters. The molecule has 118 valence electrons. The lowest BCUT2D eigenvalue weighted by Crippen LogP contribution is -2.30. The molecule has 0 saturated heterocycles. The largest absolute Gasteiger partial charge is 0.399 e. The number of primary amides is 1. The Labute approximate surface area is 134 Å². The molecule has 2 aromatic rings. The molecule has 0 radical (unpaired) electrons. The SMILES string of the molecule is NC(=O)C(CC#Cc1ccc(N)cc1)OCc1ccc(F)cc1. The quantitative estimate of drug-likeness (QED) is 0.656. The van der Waals surface area contributed by atoms with Gasteiger partial charge in [0, 0.05) is 17.7 Å². The minimum atomic E-state index is -0.818. The Morgan fingerprint density at radius 1 is 1.13 bits per heavy atom. The van der Waals surface area contributed by atoms with Gasteiger partial charge in [-0.3, -0.25) is 4.79 Å². The van der Waals surface area contributed by atoms with Crippen molar-refractivity contribution in [1.29, 1.82) is 0 Å². The van der Waals surface area contributed by atoms with Gasteiger partial charge in [-0.25, -0.2) is 4.39 Å². The molecule has 23 heavy (non-hydrogen) atoms. The van der Waals surface area contributed by atoms with Crippen molar-refractivity contribution in [1.82, 2.24) is 0 Å². The highest BCUT2D eigenvalue weighted by Gasteiger charge is 2.14. The van der Waals surface area contributed by atoms with Crippen molar-refractivity contribution in [2.45, 2.75) is 19.1 Å². The first-order valence-corrected chi connectivity index (χ1v) is 7.04. The van der Waals surface area contributed by atoms with Gasteiger partial charge in [0.15, 0.2) is 0 Å². The summed E-state index contributed by atoms with van der Waals surface area (Å²) in [7, 11) is 0. The van der Waals surface area contributed by atoms with E-state index in [9.17, 15) is 9.18 Å². The van der Waals surface area contributed by atoms with Crippen LogP contribution in [-0.2, 0) is 16.1 Å². The smallest absolute Gasteiger partial charge is 0.247 e. The number of benzene rings is 2. The average Bonchev–Trinajstić information content (AvgIpc) is 2.53. The predicted octanol–water partition coefficient (Wildman–Crippen LogP) is 2.22. The minimum absolute atomic E-state index is 0.164. The first-order valence-electron chi connectivity index (χ1n) is 7.04. The lowest BCUT2D eigenvalue weighted by Gasteiger charge is -2.11. The first-order chi connectivity index (χ1) is 11.0. The summed E-state index contributed by atoms with van der Waals surface area (Å²) in [6.45, 7) is 0.164. The molecule has 0 saturated carbocycles. The summed E-state index contributed by atoms with van der Waals surface area (Å²) in [6, 6.07) is 12.9. The average molecular weight is 312 g/mol. The maximum absolute atomic E-state index is 12.8. The number of anilines is 1. The zero-order valence-electron chi connectivity index (χ0n) is 12.5. The van der Waals surface area contributed by atoms with Crippen molar-refractivity contribution in [3.8, 4) is 11.8 Å². The molecule has 0 bridgehead atoms. The number of nitrogens with two attached hydrogens (primary N) is 2. The highest BCUT2D eigenvalue weighted by atomic mass is 19.1. The van der Waals surface area contributed by atoms with E-state index < -0.39 is 12.0 Å². The van der Waals surface area contributed by atoms with Crippen molar-refractivity contribution < 1.29 is 13.9 Å². The van der Waals surface area contributed by atoms with Crippen LogP contribution >= 0.6 is 0 Å². The topological polar surface area (TPSA) is 78.3 Å². The van der Waals surface area contributed by atoms with Crippen molar-refractivity contribution in [3.63, 3.8) is 0 Å². The summed E-state index contributed by atoms with van der Waals surface area (Å²) in [6.07, 6.45) is -0.637. The van der Waals surface area contributed by atoms with Gasteiger partial charge in [0.2, 0.25) is 5.91 Å². The fourth-order valence-corrected chi connectivity index (χ4v) is 1.83. The minimum Gasteiger partial charge on any atom is -0.399 e.